The molecular weight excluding hydrogens is 356 g/mol. The summed E-state index contributed by atoms with van der Waals surface area (Å²) in [6, 6.07) is 7.98. The first-order chi connectivity index (χ1) is 11.2. The van der Waals surface area contributed by atoms with Crippen LogP contribution in [0.15, 0.2) is 41.1 Å². The molecule has 3 rings (SSSR count). The van der Waals surface area contributed by atoms with Gasteiger partial charge in [0.15, 0.2) is 0 Å². The molecule has 5 nitrogen and oxygen atoms in total. The fourth-order valence-electron chi connectivity index (χ4n) is 3.13. The van der Waals surface area contributed by atoms with Gasteiger partial charge in [0.25, 0.3) is 5.91 Å². The van der Waals surface area contributed by atoms with Crippen molar-refractivity contribution in [3.05, 3.63) is 46.7 Å². The lowest BCUT2D eigenvalue weighted by molar-refractivity contribution is 0.0908. The van der Waals surface area contributed by atoms with Crippen LogP contribution in [0.25, 0.3) is 5.69 Å². The van der Waals surface area contributed by atoms with E-state index in [1.807, 2.05) is 24.3 Å². The SMILES string of the molecule is NCC1CCCCC1NC(=O)c1cnn(-c2cccc(Br)c2)c1. The van der Waals surface area contributed by atoms with Crippen LogP contribution in [0.4, 0.5) is 0 Å². The van der Waals surface area contributed by atoms with Crippen LogP contribution in [0.1, 0.15) is 36.0 Å². The van der Waals surface area contributed by atoms with Crippen LogP contribution in [-0.2, 0) is 0 Å². The maximum Gasteiger partial charge on any atom is 0.254 e. The number of carbonyl (C=O) groups excluding carboxylic acids is 1. The molecule has 2 aromatic rings. The van der Waals surface area contributed by atoms with Crippen molar-refractivity contribution < 1.29 is 4.79 Å². The normalized spacial score (nSPS) is 21.1. The van der Waals surface area contributed by atoms with Gasteiger partial charge in [-0.05, 0) is 43.5 Å². The molecular formula is C17H21BrN4O. The molecule has 0 radical (unpaired) electrons. The summed E-state index contributed by atoms with van der Waals surface area (Å²) in [6.45, 7) is 0.627. The first kappa shape index (κ1) is 16.2. The molecule has 1 amide bonds. The monoisotopic (exact) mass is 376 g/mol. The fraction of sp³-hybridized carbons (Fsp3) is 0.412. The molecule has 6 heteroatoms. The molecule has 1 aromatic heterocycles. The predicted octanol–water partition coefficient (Wildman–Crippen LogP) is 2.88. The number of nitrogens with zero attached hydrogens (tertiary/aromatic N) is 2. The Labute approximate surface area is 144 Å². The Balaban J connectivity index is 1.71. The molecule has 1 aromatic carbocycles. The Kier molecular flexibility index (Phi) is 5.13. The smallest absolute Gasteiger partial charge is 0.254 e. The highest BCUT2D eigenvalue weighted by Crippen LogP contribution is 2.24. The average Bonchev–Trinajstić information content (AvgIpc) is 3.05. The first-order valence-electron chi connectivity index (χ1n) is 7.99. The van der Waals surface area contributed by atoms with E-state index in [9.17, 15) is 4.79 Å². The van der Waals surface area contributed by atoms with E-state index in [0.717, 1.165) is 29.4 Å². The van der Waals surface area contributed by atoms with Gasteiger partial charge in [-0.2, -0.15) is 5.10 Å². The highest BCUT2D eigenvalue weighted by atomic mass is 79.9. The van der Waals surface area contributed by atoms with Gasteiger partial charge in [-0.1, -0.05) is 34.8 Å². The van der Waals surface area contributed by atoms with Gasteiger partial charge < -0.3 is 11.1 Å². The first-order valence-corrected chi connectivity index (χ1v) is 8.78. The Morgan fingerprint density at radius 3 is 3.00 bits per heavy atom. The summed E-state index contributed by atoms with van der Waals surface area (Å²) >= 11 is 3.44. The number of nitrogens with one attached hydrogen (secondary N) is 1. The Hall–Kier alpha value is -1.66. The number of carbonyl (C=O) groups is 1. The molecule has 23 heavy (non-hydrogen) atoms. The second kappa shape index (κ2) is 7.27. The van der Waals surface area contributed by atoms with E-state index >= 15 is 0 Å². The zero-order valence-corrected chi connectivity index (χ0v) is 14.5. The summed E-state index contributed by atoms with van der Waals surface area (Å²) in [5.74, 6) is 0.310. The molecule has 2 unspecified atom stereocenters. The molecule has 3 N–H and O–H groups in total. The molecule has 0 bridgehead atoms. The highest BCUT2D eigenvalue weighted by Gasteiger charge is 2.26. The maximum absolute atomic E-state index is 12.5. The van der Waals surface area contributed by atoms with Gasteiger partial charge in [-0.25, -0.2) is 4.68 Å². The van der Waals surface area contributed by atoms with E-state index in [2.05, 4.69) is 26.3 Å². The second-order valence-corrected chi connectivity index (χ2v) is 6.93. The number of benzene rings is 1. The van der Waals surface area contributed by atoms with Gasteiger partial charge in [0, 0.05) is 16.7 Å². The molecule has 1 saturated carbocycles. The Morgan fingerprint density at radius 1 is 1.39 bits per heavy atom. The van der Waals surface area contributed by atoms with Crippen LogP contribution < -0.4 is 11.1 Å². The van der Waals surface area contributed by atoms with E-state index in [1.54, 1.807) is 17.1 Å². The van der Waals surface area contributed by atoms with Crippen molar-refractivity contribution in [2.75, 3.05) is 6.54 Å². The Morgan fingerprint density at radius 2 is 2.22 bits per heavy atom. The highest BCUT2D eigenvalue weighted by molar-refractivity contribution is 9.10. The maximum atomic E-state index is 12.5. The minimum Gasteiger partial charge on any atom is -0.349 e. The van der Waals surface area contributed by atoms with E-state index in [-0.39, 0.29) is 11.9 Å². The summed E-state index contributed by atoms with van der Waals surface area (Å²) in [6.07, 6.45) is 7.83. The van der Waals surface area contributed by atoms with E-state index in [4.69, 9.17) is 5.73 Å². The third-order valence-electron chi connectivity index (χ3n) is 4.45. The number of nitrogens with two attached hydrogens (primary N) is 1. The van der Waals surface area contributed by atoms with E-state index in [0.29, 0.717) is 18.0 Å². The number of hydrogen-bond donors (Lipinski definition) is 2. The molecule has 1 aliphatic rings. The summed E-state index contributed by atoms with van der Waals surface area (Å²) < 4.78 is 2.69. The lowest BCUT2D eigenvalue weighted by Crippen LogP contribution is -2.44. The minimum atomic E-state index is -0.0726. The standard InChI is InChI=1S/C17H21BrN4O/c18-14-5-3-6-15(8-14)22-11-13(10-20-22)17(23)21-16-7-2-1-4-12(16)9-19/h3,5-6,8,10-12,16H,1-2,4,7,9,19H2,(H,21,23). The molecule has 0 saturated heterocycles. The molecule has 2 atom stereocenters. The minimum absolute atomic E-state index is 0.0726. The van der Waals surface area contributed by atoms with Gasteiger partial charge in [0.2, 0.25) is 0 Å². The number of halogens is 1. The van der Waals surface area contributed by atoms with Gasteiger partial charge in [0.1, 0.15) is 0 Å². The molecule has 1 fully saturated rings. The summed E-state index contributed by atoms with van der Waals surface area (Å²) in [4.78, 5) is 12.5. The molecule has 122 valence electrons. The second-order valence-electron chi connectivity index (χ2n) is 6.01. The van der Waals surface area contributed by atoms with Crippen LogP contribution in [-0.4, -0.2) is 28.3 Å². The van der Waals surface area contributed by atoms with Crippen molar-refractivity contribution in [1.82, 2.24) is 15.1 Å². The molecule has 1 aliphatic carbocycles. The van der Waals surface area contributed by atoms with Gasteiger partial charge in [-0.15, -0.1) is 0 Å². The largest absolute Gasteiger partial charge is 0.349 e. The van der Waals surface area contributed by atoms with Crippen LogP contribution in [0.2, 0.25) is 0 Å². The van der Waals surface area contributed by atoms with Crippen LogP contribution in [0, 0.1) is 5.92 Å². The van der Waals surface area contributed by atoms with Crippen molar-refractivity contribution >= 4 is 21.8 Å². The van der Waals surface area contributed by atoms with Crippen LogP contribution >= 0.6 is 15.9 Å². The van der Waals surface area contributed by atoms with Gasteiger partial charge >= 0.3 is 0 Å². The van der Waals surface area contributed by atoms with E-state index < -0.39 is 0 Å². The number of amides is 1. The van der Waals surface area contributed by atoms with Crippen molar-refractivity contribution in [1.29, 1.82) is 0 Å². The lowest BCUT2D eigenvalue weighted by atomic mass is 9.84. The third-order valence-corrected chi connectivity index (χ3v) is 4.94. The molecule has 0 spiro atoms. The number of rotatable bonds is 4. The molecule has 1 heterocycles. The fourth-order valence-corrected chi connectivity index (χ4v) is 3.52. The van der Waals surface area contributed by atoms with Crippen molar-refractivity contribution in [2.24, 2.45) is 11.7 Å². The number of hydrogen-bond acceptors (Lipinski definition) is 3. The van der Waals surface area contributed by atoms with Crippen molar-refractivity contribution in [3.8, 4) is 5.69 Å². The summed E-state index contributed by atoms with van der Waals surface area (Å²) in [5.41, 5.74) is 7.32. The van der Waals surface area contributed by atoms with Crippen molar-refractivity contribution in [2.45, 2.75) is 31.7 Å². The third kappa shape index (κ3) is 3.82. The lowest BCUT2D eigenvalue weighted by Gasteiger charge is -2.31. The van der Waals surface area contributed by atoms with Gasteiger partial charge in [-0.3, -0.25) is 4.79 Å². The van der Waals surface area contributed by atoms with Crippen molar-refractivity contribution in [3.63, 3.8) is 0 Å². The summed E-state index contributed by atoms with van der Waals surface area (Å²) in [5, 5.41) is 7.42. The number of aromatic nitrogens is 2. The summed E-state index contributed by atoms with van der Waals surface area (Å²) in [7, 11) is 0. The molecule has 0 aliphatic heterocycles. The quantitative estimate of drug-likeness (QED) is 0.861. The topological polar surface area (TPSA) is 72.9 Å². The van der Waals surface area contributed by atoms with E-state index in [1.165, 1.54) is 6.42 Å². The zero-order chi connectivity index (χ0) is 16.2. The van der Waals surface area contributed by atoms with Crippen LogP contribution in [0.3, 0.4) is 0 Å². The van der Waals surface area contributed by atoms with Gasteiger partial charge in [0.05, 0.1) is 17.4 Å². The average molecular weight is 377 g/mol. The van der Waals surface area contributed by atoms with Crippen LogP contribution in [0.5, 0.6) is 0 Å². The zero-order valence-electron chi connectivity index (χ0n) is 12.9. The Bertz CT molecular complexity index is 685. The predicted molar refractivity (Wildman–Crippen MR) is 93.5 cm³/mol.